The number of hydrogen-bond acceptors (Lipinski definition) is 6. The van der Waals surface area contributed by atoms with Gasteiger partial charge in [0.2, 0.25) is 0 Å². The van der Waals surface area contributed by atoms with Crippen LogP contribution in [0.15, 0.2) is 35.4 Å². The first kappa shape index (κ1) is 16.0. The molecule has 0 amide bonds. The minimum Gasteiger partial charge on any atom is -0.381 e. The van der Waals surface area contributed by atoms with E-state index >= 15 is 0 Å². The van der Waals surface area contributed by atoms with Gasteiger partial charge in [0.1, 0.15) is 11.6 Å². The summed E-state index contributed by atoms with van der Waals surface area (Å²) in [5.74, 6) is 0.509. The highest BCUT2D eigenvalue weighted by molar-refractivity contribution is 5.94. The summed E-state index contributed by atoms with van der Waals surface area (Å²) < 4.78 is 1.38. The van der Waals surface area contributed by atoms with E-state index in [1.54, 1.807) is 5.01 Å². The molecular formula is C17H20N6O. The van der Waals surface area contributed by atoms with Gasteiger partial charge in [-0.15, -0.1) is 5.10 Å². The smallest absolute Gasteiger partial charge is 0.191 e. The Balaban J connectivity index is 2.14. The lowest BCUT2D eigenvalue weighted by atomic mass is 9.88. The summed E-state index contributed by atoms with van der Waals surface area (Å²) in [4.78, 5) is 0. The maximum absolute atomic E-state index is 10.7. The molecule has 1 unspecified atom stereocenters. The fraction of sp³-hybridized carbons (Fsp3) is 0.353. The van der Waals surface area contributed by atoms with Crippen molar-refractivity contribution in [3.05, 3.63) is 41.5 Å². The molecule has 1 aliphatic heterocycles. The maximum Gasteiger partial charge on any atom is 0.191 e. The molecule has 1 aromatic carbocycles. The van der Waals surface area contributed by atoms with Crippen molar-refractivity contribution < 1.29 is 5.11 Å². The fourth-order valence-corrected chi connectivity index (χ4v) is 2.72. The minimum atomic E-state index is -1.04. The summed E-state index contributed by atoms with van der Waals surface area (Å²) in [6, 6.07) is 11.9. The molecule has 3 N–H and O–H groups in total. The Hall–Kier alpha value is -2.85. The van der Waals surface area contributed by atoms with E-state index in [1.807, 2.05) is 51.1 Å². The second-order valence-electron chi connectivity index (χ2n) is 6.79. The molecule has 0 saturated carbocycles. The SMILES string of the molecule is CC(C)(C)C1=NN(Cc2ccccc2)c2c(C#N)c(N)nn2C1O. The van der Waals surface area contributed by atoms with Crippen LogP contribution in [0.2, 0.25) is 0 Å². The summed E-state index contributed by atoms with van der Waals surface area (Å²) in [5, 5.41) is 30.5. The van der Waals surface area contributed by atoms with E-state index in [1.165, 1.54) is 4.68 Å². The monoisotopic (exact) mass is 324 g/mol. The van der Waals surface area contributed by atoms with Crippen LogP contribution in [-0.4, -0.2) is 20.6 Å². The first-order valence-corrected chi connectivity index (χ1v) is 7.69. The van der Waals surface area contributed by atoms with Crippen molar-refractivity contribution in [1.82, 2.24) is 9.78 Å². The number of benzene rings is 1. The molecule has 7 heteroatoms. The van der Waals surface area contributed by atoms with Crippen LogP contribution < -0.4 is 10.7 Å². The molecule has 0 radical (unpaired) electrons. The summed E-state index contributed by atoms with van der Waals surface area (Å²) in [6.07, 6.45) is -1.04. The van der Waals surface area contributed by atoms with Crippen molar-refractivity contribution in [2.24, 2.45) is 10.5 Å². The van der Waals surface area contributed by atoms with Gasteiger partial charge in [0.05, 0.1) is 12.3 Å². The van der Waals surface area contributed by atoms with Gasteiger partial charge in [0.25, 0.3) is 0 Å². The van der Waals surface area contributed by atoms with Crippen LogP contribution >= 0.6 is 0 Å². The van der Waals surface area contributed by atoms with E-state index in [0.717, 1.165) is 5.56 Å². The van der Waals surface area contributed by atoms with Gasteiger partial charge in [0, 0.05) is 5.41 Å². The fourth-order valence-electron chi connectivity index (χ4n) is 2.72. The van der Waals surface area contributed by atoms with Gasteiger partial charge in [-0.05, 0) is 5.56 Å². The second kappa shape index (κ2) is 5.65. The van der Waals surface area contributed by atoms with E-state index in [-0.39, 0.29) is 16.8 Å². The topological polar surface area (TPSA) is 103 Å². The Morgan fingerprint density at radius 2 is 1.96 bits per heavy atom. The molecule has 0 spiro atoms. The van der Waals surface area contributed by atoms with Crippen molar-refractivity contribution >= 4 is 17.3 Å². The highest BCUT2D eigenvalue weighted by Crippen LogP contribution is 2.36. The van der Waals surface area contributed by atoms with Crippen molar-refractivity contribution in [3.63, 3.8) is 0 Å². The normalized spacial score (nSPS) is 17.2. The summed E-state index contributed by atoms with van der Waals surface area (Å²) in [7, 11) is 0. The average Bonchev–Trinajstić information content (AvgIpc) is 2.87. The summed E-state index contributed by atoms with van der Waals surface area (Å²) in [5.41, 5.74) is 7.32. The van der Waals surface area contributed by atoms with Crippen LogP contribution in [0.3, 0.4) is 0 Å². The zero-order valence-electron chi connectivity index (χ0n) is 13.9. The number of nitrogen functional groups attached to an aromatic ring is 1. The lowest BCUT2D eigenvalue weighted by Gasteiger charge is -2.34. The van der Waals surface area contributed by atoms with Crippen molar-refractivity contribution in [2.75, 3.05) is 10.7 Å². The Kier molecular flexibility index (Phi) is 3.78. The molecule has 1 aliphatic rings. The third-order valence-electron chi connectivity index (χ3n) is 3.92. The molecule has 2 heterocycles. The van der Waals surface area contributed by atoms with Crippen molar-refractivity contribution in [2.45, 2.75) is 33.5 Å². The van der Waals surface area contributed by atoms with Crippen LogP contribution in [0.25, 0.3) is 0 Å². The number of aliphatic hydroxyl groups is 1. The van der Waals surface area contributed by atoms with Gasteiger partial charge in [-0.2, -0.15) is 10.4 Å². The molecule has 1 aromatic heterocycles. The number of nitrogens with two attached hydrogens (primary N) is 1. The number of nitrogens with zero attached hydrogens (tertiary/aromatic N) is 5. The third kappa shape index (κ3) is 2.61. The number of anilines is 2. The second-order valence-corrected chi connectivity index (χ2v) is 6.79. The van der Waals surface area contributed by atoms with E-state index < -0.39 is 6.23 Å². The van der Waals surface area contributed by atoms with E-state index in [4.69, 9.17) is 5.73 Å². The van der Waals surface area contributed by atoms with Crippen LogP contribution in [0.1, 0.15) is 38.1 Å². The molecule has 0 fully saturated rings. The van der Waals surface area contributed by atoms with Crippen LogP contribution in [0.4, 0.5) is 11.6 Å². The van der Waals surface area contributed by atoms with Crippen LogP contribution in [0.5, 0.6) is 0 Å². The molecule has 7 nitrogen and oxygen atoms in total. The number of aliphatic hydroxyl groups excluding tert-OH is 1. The Bertz CT molecular complexity index is 825. The quantitative estimate of drug-likeness (QED) is 0.882. The largest absolute Gasteiger partial charge is 0.381 e. The predicted molar refractivity (Wildman–Crippen MR) is 92.1 cm³/mol. The van der Waals surface area contributed by atoms with Gasteiger partial charge in [-0.1, -0.05) is 51.1 Å². The molecule has 124 valence electrons. The number of nitriles is 1. The van der Waals surface area contributed by atoms with Gasteiger partial charge >= 0.3 is 0 Å². The minimum absolute atomic E-state index is 0.0926. The molecule has 0 bridgehead atoms. The molecule has 1 atom stereocenters. The Morgan fingerprint density at radius 3 is 2.54 bits per heavy atom. The highest BCUT2D eigenvalue weighted by atomic mass is 16.3. The molecule has 0 saturated heterocycles. The standard InChI is InChI=1S/C17H20N6O/c1-17(2,3)13-16(24)23-15(12(9-18)14(19)21-23)22(20-13)10-11-7-5-4-6-8-11/h4-8,16,24H,10H2,1-3H3,(H2,19,21). The first-order valence-electron chi connectivity index (χ1n) is 7.69. The van der Waals surface area contributed by atoms with Crippen LogP contribution in [-0.2, 0) is 6.54 Å². The predicted octanol–water partition coefficient (Wildman–Crippen LogP) is 2.25. The molecular weight excluding hydrogens is 304 g/mol. The third-order valence-corrected chi connectivity index (χ3v) is 3.92. The van der Waals surface area contributed by atoms with E-state index in [2.05, 4.69) is 16.3 Å². The van der Waals surface area contributed by atoms with Gasteiger partial charge in [-0.3, -0.25) is 0 Å². The number of hydrogen-bond donors (Lipinski definition) is 2. The number of fused-ring (bicyclic) bond motifs is 1. The van der Waals surface area contributed by atoms with Gasteiger partial charge in [-0.25, -0.2) is 9.69 Å². The van der Waals surface area contributed by atoms with E-state index in [9.17, 15) is 10.4 Å². The number of hydrazone groups is 1. The highest BCUT2D eigenvalue weighted by Gasteiger charge is 2.37. The lowest BCUT2D eigenvalue weighted by Crippen LogP contribution is -2.39. The number of rotatable bonds is 2. The number of aromatic nitrogens is 2. The van der Waals surface area contributed by atoms with E-state index in [0.29, 0.717) is 18.1 Å². The van der Waals surface area contributed by atoms with Crippen LogP contribution in [0, 0.1) is 16.7 Å². The molecule has 2 aromatic rings. The Morgan fingerprint density at radius 1 is 1.29 bits per heavy atom. The first-order chi connectivity index (χ1) is 11.3. The average molecular weight is 324 g/mol. The van der Waals surface area contributed by atoms with Crippen molar-refractivity contribution in [1.29, 1.82) is 5.26 Å². The molecule has 3 rings (SSSR count). The zero-order valence-corrected chi connectivity index (χ0v) is 13.9. The lowest BCUT2D eigenvalue weighted by molar-refractivity contribution is 0.146. The maximum atomic E-state index is 10.7. The van der Waals surface area contributed by atoms with Gasteiger partial charge < -0.3 is 10.8 Å². The zero-order chi connectivity index (χ0) is 17.5. The molecule has 24 heavy (non-hydrogen) atoms. The summed E-state index contributed by atoms with van der Waals surface area (Å²) in [6.45, 7) is 6.36. The van der Waals surface area contributed by atoms with Gasteiger partial charge in [0.15, 0.2) is 17.9 Å². The summed E-state index contributed by atoms with van der Waals surface area (Å²) >= 11 is 0. The Labute approximate surface area is 140 Å². The molecule has 0 aliphatic carbocycles. The van der Waals surface area contributed by atoms with Crippen molar-refractivity contribution in [3.8, 4) is 6.07 Å².